The van der Waals surface area contributed by atoms with Crippen molar-refractivity contribution in [2.45, 2.75) is 6.42 Å². The molecule has 0 aliphatic heterocycles. The molecule has 4 heteroatoms. The first-order valence-corrected chi connectivity index (χ1v) is 6.77. The van der Waals surface area contributed by atoms with Crippen molar-refractivity contribution >= 4 is 28.1 Å². The second-order valence-corrected chi connectivity index (χ2v) is 5.03. The van der Waals surface area contributed by atoms with E-state index in [1.807, 2.05) is 24.3 Å². The van der Waals surface area contributed by atoms with E-state index in [0.29, 0.717) is 0 Å². The number of thiophene rings is 1. The molecule has 0 fully saturated rings. The van der Waals surface area contributed by atoms with Crippen LogP contribution in [-0.4, -0.2) is 16.5 Å². The molecule has 18 heavy (non-hydrogen) atoms. The molecule has 3 aromatic rings. The van der Waals surface area contributed by atoms with Crippen molar-refractivity contribution in [3.8, 4) is 0 Å². The number of hydrogen-bond acceptors (Lipinski definition) is 4. The van der Waals surface area contributed by atoms with Crippen LogP contribution in [0.3, 0.4) is 0 Å². The molecule has 2 aromatic heterocycles. The standard InChI is InChI=1S/C14H13N3S/c1-2-6-13-12(5-1)14(17-10-16-13)15-8-7-11-4-3-9-18-11/h1-6,9-10H,7-8H2,(H,15,16,17). The number of rotatable bonds is 4. The van der Waals surface area contributed by atoms with Gasteiger partial charge in [0.05, 0.1) is 5.52 Å². The summed E-state index contributed by atoms with van der Waals surface area (Å²) in [6.07, 6.45) is 2.63. The average molecular weight is 255 g/mol. The molecule has 0 amide bonds. The third-order valence-corrected chi connectivity index (χ3v) is 3.72. The molecule has 0 aliphatic carbocycles. The van der Waals surface area contributed by atoms with Crippen molar-refractivity contribution in [1.29, 1.82) is 0 Å². The van der Waals surface area contributed by atoms with Crippen molar-refractivity contribution < 1.29 is 0 Å². The molecule has 0 atom stereocenters. The molecule has 0 spiro atoms. The molecule has 0 radical (unpaired) electrons. The molecule has 0 bridgehead atoms. The van der Waals surface area contributed by atoms with Gasteiger partial charge in [-0.15, -0.1) is 11.3 Å². The fourth-order valence-electron chi connectivity index (χ4n) is 1.90. The van der Waals surface area contributed by atoms with Crippen LogP contribution in [0.25, 0.3) is 10.9 Å². The number of aromatic nitrogens is 2. The maximum atomic E-state index is 4.31. The Morgan fingerprint density at radius 2 is 2.00 bits per heavy atom. The number of hydrogen-bond donors (Lipinski definition) is 1. The lowest BCUT2D eigenvalue weighted by molar-refractivity contribution is 1.03. The normalized spacial score (nSPS) is 10.7. The minimum atomic E-state index is 0.890. The Morgan fingerprint density at radius 1 is 1.06 bits per heavy atom. The molecule has 0 saturated carbocycles. The van der Waals surface area contributed by atoms with Crippen LogP contribution in [0.1, 0.15) is 4.88 Å². The van der Waals surface area contributed by atoms with E-state index in [1.165, 1.54) is 4.88 Å². The van der Waals surface area contributed by atoms with E-state index in [-0.39, 0.29) is 0 Å². The Hall–Kier alpha value is -1.94. The lowest BCUT2D eigenvalue weighted by atomic mass is 10.2. The van der Waals surface area contributed by atoms with Crippen molar-refractivity contribution in [1.82, 2.24) is 9.97 Å². The Morgan fingerprint density at radius 3 is 2.89 bits per heavy atom. The van der Waals surface area contributed by atoms with Crippen LogP contribution in [0.15, 0.2) is 48.1 Å². The van der Waals surface area contributed by atoms with Crippen molar-refractivity contribution in [2.24, 2.45) is 0 Å². The van der Waals surface area contributed by atoms with Crippen LogP contribution in [0, 0.1) is 0 Å². The highest BCUT2D eigenvalue weighted by molar-refractivity contribution is 7.09. The highest BCUT2D eigenvalue weighted by Crippen LogP contribution is 2.18. The maximum Gasteiger partial charge on any atom is 0.137 e. The van der Waals surface area contributed by atoms with Crippen LogP contribution in [0.5, 0.6) is 0 Å². The lowest BCUT2D eigenvalue weighted by Gasteiger charge is -2.07. The molecule has 3 rings (SSSR count). The number of nitrogens with zero attached hydrogens (tertiary/aromatic N) is 2. The van der Waals surface area contributed by atoms with Gasteiger partial charge in [0.1, 0.15) is 12.1 Å². The van der Waals surface area contributed by atoms with Crippen molar-refractivity contribution in [3.63, 3.8) is 0 Å². The second kappa shape index (κ2) is 5.14. The average Bonchev–Trinajstić information content (AvgIpc) is 2.92. The Labute approximate surface area is 110 Å². The molecule has 0 aliphatic rings. The summed E-state index contributed by atoms with van der Waals surface area (Å²) >= 11 is 1.79. The molecule has 3 nitrogen and oxygen atoms in total. The van der Waals surface area contributed by atoms with Gasteiger partial charge in [0.25, 0.3) is 0 Å². The van der Waals surface area contributed by atoms with Gasteiger partial charge in [-0.05, 0) is 30.0 Å². The molecule has 2 heterocycles. The minimum absolute atomic E-state index is 0.890. The fourth-order valence-corrected chi connectivity index (χ4v) is 2.61. The van der Waals surface area contributed by atoms with Gasteiger partial charge in [-0.1, -0.05) is 18.2 Å². The fraction of sp³-hybridized carbons (Fsp3) is 0.143. The molecule has 1 aromatic carbocycles. The van der Waals surface area contributed by atoms with Crippen LogP contribution >= 0.6 is 11.3 Å². The molecular formula is C14H13N3S. The maximum absolute atomic E-state index is 4.31. The third kappa shape index (κ3) is 2.33. The van der Waals surface area contributed by atoms with Crippen LogP contribution < -0.4 is 5.32 Å². The smallest absolute Gasteiger partial charge is 0.137 e. The highest BCUT2D eigenvalue weighted by atomic mass is 32.1. The van der Waals surface area contributed by atoms with Crippen molar-refractivity contribution in [2.75, 3.05) is 11.9 Å². The molecule has 0 unspecified atom stereocenters. The Balaban J connectivity index is 1.74. The Kier molecular flexibility index (Phi) is 3.19. The number of nitrogens with one attached hydrogen (secondary N) is 1. The monoisotopic (exact) mass is 255 g/mol. The first kappa shape index (κ1) is 11.2. The topological polar surface area (TPSA) is 37.8 Å². The number of benzene rings is 1. The van der Waals surface area contributed by atoms with E-state index in [9.17, 15) is 0 Å². The van der Waals surface area contributed by atoms with Crippen molar-refractivity contribution in [3.05, 3.63) is 53.0 Å². The summed E-state index contributed by atoms with van der Waals surface area (Å²) in [5.41, 5.74) is 0.978. The van der Waals surface area contributed by atoms with E-state index >= 15 is 0 Å². The summed E-state index contributed by atoms with van der Waals surface area (Å²) in [5.74, 6) is 0.914. The van der Waals surface area contributed by atoms with Gasteiger partial charge >= 0.3 is 0 Å². The zero-order valence-corrected chi connectivity index (χ0v) is 10.7. The lowest BCUT2D eigenvalue weighted by Crippen LogP contribution is -2.06. The quantitative estimate of drug-likeness (QED) is 0.777. The summed E-state index contributed by atoms with van der Waals surface area (Å²) in [5, 5.41) is 6.56. The van der Waals surface area contributed by atoms with E-state index in [4.69, 9.17) is 0 Å². The van der Waals surface area contributed by atoms with Gasteiger partial charge in [-0.3, -0.25) is 0 Å². The summed E-state index contributed by atoms with van der Waals surface area (Å²) in [6.45, 7) is 0.890. The van der Waals surface area contributed by atoms with Crippen LogP contribution in [-0.2, 0) is 6.42 Å². The first-order valence-electron chi connectivity index (χ1n) is 5.89. The third-order valence-electron chi connectivity index (χ3n) is 2.79. The summed E-state index contributed by atoms with van der Waals surface area (Å²) in [7, 11) is 0. The SMILES string of the molecule is c1csc(CCNc2ncnc3ccccc23)c1. The minimum Gasteiger partial charge on any atom is -0.369 e. The second-order valence-electron chi connectivity index (χ2n) is 4.00. The summed E-state index contributed by atoms with van der Waals surface area (Å²) < 4.78 is 0. The van der Waals surface area contributed by atoms with E-state index in [1.54, 1.807) is 17.7 Å². The predicted molar refractivity (Wildman–Crippen MR) is 76.1 cm³/mol. The van der Waals surface area contributed by atoms with Gasteiger partial charge in [-0.25, -0.2) is 9.97 Å². The van der Waals surface area contributed by atoms with Gasteiger partial charge in [0.2, 0.25) is 0 Å². The van der Waals surface area contributed by atoms with E-state index in [0.717, 1.165) is 29.7 Å². The van der Waals surface area contributed by atoms with Crippen LogP contribution in [0.2, 0.25) is 0 Å². The van der Waals surface area contributed by atoms with Crippen LogP contribution in [0.4, 0.5) is 5.82 Å². The van der Waals surface area contributed by atoms with Gasteiger partial charge in [-0.2, -0.15) is 0 Å². The summed E-state index contributed by atoms with van der Waals surface area (Å²) in [6, 6.07) is 12.3. The number of fused-ring (bicyclic) bond motifs is 1. The molecule has 1 N–H and O–H groups in total. The van der Waals surface area contributed by atoms with Gasteiger partial charge in [0.15, 0.2) is 0 Å². The van der Waals surface area contributed by atoms with E-state index in [2.05, 4.69) is 32.8 Å². The first-order chi connectivity index (χ1) is 8.93. The molecule has 0 saturated heterocycles. The largest absolute Gasteiger partial charge is 0.369 e. The zero-order valence-electron chi connectivity index (χ0n) is 9.84. The van der Waals surface area contributed by atoms with Gasteiger partial charge < -0.3 is 5.32 Å². The molecular weight excluding hydrogens is 242 g/mol. The Bertz CT molecular complexity index is 629. The van der Waals surface area contributed by atoms with E-state index < -0.39 is 0 Å². The number of anilines is 1. The van der Waals surface area contributed by atoms with Gasteiger partial charge in [0, 0.05) is 16.8 Å². The summed E-state index contributed by atoms with van der Waals surface area (Å²) in [4.78, 5) is 9.95. The zero-order chi connectivity index (χ0) is 12.2. The number of para-hydroxylation sites is 1. The molecule has 90 valence electrons. The predicted octanol–water partition coefficient (Wildman–Crippen LogP) is 3.35. The highest BCUT2D eigenvalue weighted by Gasteiger charge is 2.02.